The van der Waals surface area contributed by atoms with Crippen LogP contribution in [-0.4, -0.2) is 73.4 Å². The van der Waals surface area contributed by atoms with Gasteiger partial charge in [-0.3, -0.25) is 4.79 Å². The predicted octanol–water partition coefficient (Wildman–Crippen LogP) is 3.83. The highest BCUT2D eigenvalue weighted by Crippen LogP contribution is 2.72. The number of aliphatic hydroxyl groups excluding tert-OH is 1. The molecule has 0 aromatic heterocycles. The van der Waals surface area contributed by atoms with Gasteiger partial charge in [-0.25, -0.2) is 9.59 Å². The van der Waals surface area contributed by atoms with Crippen LogP contribution in [0.15, 0.2) is 34.4 Å². The zero-order valence-corrected chi connectivity index (χ0v) is 25.7. The predicted molar refractivity (Wildman–Crippen MR) is 151 cm³/mol. The normalized spacial score (nSPS) is 46.2. The van der Waals surface area contributed by atoms with Crippen molar-refractivity contribution in [3.63, 3.8) is 0 Å². The summed E-state index contributed by atoms with van der Waals surface area (Å²) in [5.41, 5.74) is 1.22. The van der Waals surface area contributed by atoms with E-state index in [-0.39, 0.29) is 36.4 Å². The van der Waals surface area contributed by atoms with E-state index >= 15 is 0 Å². The SMILES string of the molecule is C/C=C(\C)C(=O)O[C@H]1C[C@@H](OC(C)=O)[C@@]2(C)CO[C@H]3[C@@H](O)[C@@]4(C)C5=C(C)[C@H](C6=CCOC6=O)C[C@@H]5OCC[C@@H]4[C@]1(C)[C@@H]32. The van der Waals surface area contributed by atoms with Crippen molar-refractivity contribution in [2.24, 2.45) is 34.0 Å². The van der Waals surface area contributed by atoms with Crippen LogP contribution in [0, 0.1) is 34.0 Å². The summed E-state index contributed by atoms with van der Waals surface area (Å²) in [7, 11) is 0. The van der Waals surface area contributed by atoms with E-state index in [1.54, 1.807) is 19.9 Å². The summed E-state index contributed by atoms with van der Waals surface area (Å²) in [6.07, 6.45) is 2.36. The van der Waals surface area contributed by atoms with Gasteiger partial charge in [-0.1, -0.05) is 32.4 Å². The summed E-state index contributed by atoms with van der Waals surface area (Å²) in [6.45, 7) is 14.4. The number of fused-ring (bicyclic) bond motifs is 4. The van der Waals surface area contributed by atoms with Crippen molar-refractivity contribution in [3.05, 3.63) is 34.4 Å². The minimum atomic E-state index is -0.885. The van der Waals surface area contributed by atoms with E-state index in [0.717, 1.165) is 11.1 Å². The van der Waals surface area contributed by atoms with E-state index in [1.807, 2.05) is 6.08 Å². The molecular weight excluding hydrogens is 540 g/mol. The van der Waals surface area contributed by atoms with E-state index in [1.165, 1.54) is 6.92 Å². The molecule has 9 nitrogen and oxygen atoms in total. The Morgan fingerprint density at radius 2 is 1.83 bits per heavy atom. The van der Waals surface area contributed by atoms with Crippen molar-refractivity contribution in [2.45, 2.75) is 98.2 Å². The third-order valence-corrected chi connectivity index (χ3v) is 12.0. The van der Waals surface area contributed by atoms with Gasteiger partial charge in [0.2, 0.25) is 0 Å². The monoisotopic (exact) mass is 584 g/mol. The quantitative estimate of drug-likeness (QED) is 0.228. The second-order valence-corrected chi connectivity index (χ2v) is 13.9. The fourth-order valence-corrected chi connectivity index (χ4v) is 10.1. The molecule has 4 fully saturated rings. The molecule has 6 aliphatic rings. The first-order chi connectivity index (χ1) is 19.8. The molecular formula is C33H44O9. The molecule has 2 saturated carbocycles. The first kappa shape index (κ1) is 29.6. The summed E-state index contributed by atoms with van der Waals surface area (Å²) >= 11 is 0. The fraction of sp³-hybridized carbons (Fsp3) is 0.727. The van der Waals surface area contributed by atoms with Gasteiger partial charge in [-0.15, -0.1) is 0 Å². The summed E-state index contributed by atoms with van der Waals surface area (Å²) in [4.78, 5) is 38.2. The molecule has 3 aliphatic carbocycles. The first-order valence-corrected chi connectivity index (χ1v) is 15.3. The maximum absolute atomic E-state index is 13.3. The lowest BCUT2D eigenvalue weighted by Gasteiger charge is -2.66. The number of ether oxygens (including phenoxy) is 5. The Balaban J connectivity index is 1.51. The standard InChI is InChI=1S/C33H44O9/c1-8-16(2)29(36)42-24-14-23(41-18(4)34)31(5)15-40-26-27(31)32(24,6)22-10-12-38-21-13-20(19-9-11-39-30(19)37)17(3)25(21)33(22,7)28(26)35/h8-9,20-24,26-28,35H,10-15H2,1-7H3/b16-8+/t20-,21+,22-,23-,24+,26-,27+,28-,31-,32+,33-/m1/s1. The van der Waals surface area contributed by atoms with Crippen molar-refractivity contribution in [1.82, 2.24) is 0 Å². The van der Waals surface area contributed by atoms with E-state index in [4.69, 9.17) is 23.7 Å². The summed E-state index contributed by atoms with van der Waals surface area (Å²) < 4.78 is 30.6. The van der Waals surface area contributed by atoms with Crippen LogP contribution in [0.5, 0.6) is 0 Å². The number of rotatable bonds is 4. The van der Waals surface area contributed by atoms with E-state index in [2.05, 4.69) is 27.7 Å². The van der Waals surface area contributed by atoms with Crippen molar-refractivity contribution in [3.8, 4) is 0 Å². The lowest BCUT2D eigenvalue weighted by atomic mass is 9.39. The number of aliphatic hydroxyl groups is 1. The van der Waals surface area contributed by atoms with Gasteiger partial charge in [0, 0.05) is 59.2 Å². The van der Waals surface area contributed by atoms with Crippen molar-refractivity contribution >= 4 is 17.9 Å². The molecule has 6 rings (SSSR count). The largest absolute Gasteiger partial charge is 0.462 e. The average Bonchev–Trinajstić information content (AvgIpc) is 3.59. The molecule has 230 valence electrons. The molecule has 9 heteroatoms. The number of carbonyl (C=O) groups is 3. The molecule has 0 spiro atoms. The van der Waals surface area contributed by atoms with Crippen molar-refractivity contribution in [2.75, 3.05) is 19.8 Å². The Labute approximate surface area is 247 Å². The number of carbonyl (C=O) groups excluding carboxylic acids is 3. The second kappa shape index (κ2) is 10.0. The second-order valence-electron chi connectivity index (χ2n) is 13.9. The van der Waals surface area contributed by atoms with Gasteiger partial charge < -0.3 is 28.8 Å². The highest BCUT2D eigenvalue weighted by atomic mass is 16.6. The molecule has 1 N–H and O–H groups in total. The van der Waals surface area contributed by atoms with Crippen LogP contribution in [0.3, 0.4) is 0 Å². The van der Waals surface area contributed by atoms with Crippen molar-refractivity contribution in [1.29, 1.82) is 0 Å². The molecule has 11 atom stereocenters. The zero-order valence-electron chi connectivity index (χ0n) is 25.7. The smallest absolute Gasteiger partial charge is 0.334 e. The zero-order chi connectivity index (χ0) is 30.4. The molecule has 0 bridgehead atoms. The summed E-state index contributed by atoms with van der Waals surface area (Å²) in [5.74, 6) is -1.63. The van der Waals surface area contributed by atoms with Gasteiger partial charge >= 0.3 is 17.9 Å². The number of cyclic esters (lactones) is 1. The molecule has 0 amide bonds. The minimum absolute atomic E-state index is 0.145. The molecule has 0 aromatic carbocycles. The van der Waals surface area contributed by atoms with E-state index in [9.17, 15) is 19.5 Å². The number of esters is 3. The van der Waals surface area contributed by atoms with Gasteiger partial charge in [0.1, 0.15) is 18.8 Å². The van der Waals surface area contributed by atoms with Crippen LogP contribution in [-0.2, 0) is 38.1 Å². The van der Waals surface area contributed by atoms with Crippen LogP contribution in [0.1, 0.15) is 67.7 Å². The third-order valence-electron chi connectivity index (χ3n) is 12.0. The summed E-state index contributed by atoms with van der Waals surface area (Å²) in [5, 5.41) is 12.4. The van der Waals surface area contributed by atoms with E-state index in [0.29, 0.717) is 43.6 Å². The Morgan fingerprint density at radius 1 is 1.10 bits per heavy atom. The highest BCUT2D eigenvalue weighted by molar-refractivity contribution is 5.92. The van der Waals surface area contributed by atoms with Crippen LogP contribution >= 0.6 is 0 Å². The maximum atomic E-state index is 13.3. The van der Waals surface area contributed by atoms with E-state index < -0.39 is 52.6 Å². The Morgan fingerprint density at radius 3 is 2.48 bits per heavy atom. The number of allylic oxidation sites excluding steroid dienone is 2. The molecule has 3 heterocycles. The molecule has 3 aliphatic heterocycles. The topological polar surface area (TPSA) is 118 Å². The maximum Gasteiger partial charge on any atom is 0.334 e. The Bertz CT molecular complexity index is 1300. The number of hydrogen-bond donors (Lipinski definition) is 1. The van der Waals surface area contributed by atoms with Crippen LogP contribution in [0.4, 0.5) is 0 Å². The van der Waals surface area contributed by atoms with Gasteiger partial charge in [0.05, 0.1) is 24.9 Å². The molecule has 0 unspecified atom stereocenters. The van der Waals surface area contributed by atoms with Crippen LogP contribution < -0.4 is 0 Å². The van der Waals surface area contributed by atoms with Gasteiger partial charge in [0.25, 0.3) is 0 Å². The third kappa shape index (κ3) is 3.88. The molecule has 2 saturated heterocycles. The fourth-order valence-electron chi connectivity index (χ4n) is 10.1. The average molecular weight is 585 g/mol. The molecule has 0 aromatic rings. The van der Waals surface area contributed by atoms with Crippen LogP contribution in [0.2, 0.25) is 0 Å². The lowest BCUT2D eigenvalue weighted by Crippen LogP contribution is -2.71. The number of hydrogen-bond acceptors (Lipinski definition) is 9. The highest BCUT2D eigenvalue weighted by Gasteiger charge is 2.76. The van der Waals surface area contributed by atoms with Crippen LogP contribution in [0.25, 0.3) is 0 Å². The molecule has 42 heavy (non-hydrogen) atoms. The Kier molecular flexibility index (Phi) is 7.06. The molecule has 0 radical (unpaired) electrons. The summed E-state index contributed by atoms with van der Waals surface area (Å²) in [6, 6.07) is 0. The van der Waals surface area contributed by atoms with Gasteiger partial charge in [0.15, 0.2) is 0 Å². The Hall–Kier alpha value is -2.49. The first-order valence-electron chi connectivity index (χ1n) is 15.3. The minimum Gasteiger partial charge on any atom is -0.462 e. The lowest BCUT2D eigenvalue weighted by molar-refractivity contribution is -0.254. The van der Waals surface area contributed by atoms with Gasteiger partial charge in [-0.2, -0.15) is 0 Å². The van der Waals surface area contributed by atoms with Gasteiger partial charge in [-0.05, 0) is 51.2 Å². The van der Waals surface area contributed by atoms with Crippen molar-refractivity contribution < 1.29 is 43.2 Å².